The molecule has 19 heavy (non-hydrogen) atoms. The number of methoxy groups -OCH3 is 1. The van der Waals surface area contributed by atoms with E-state index in [0.29, 0.717) is 0 Å². The Bertz CT molecular complexity index is 386. The smallest absolute Gasteiger partial charge is 0.118 e. The van der Waals surface area contributed by atoms with Crippen LogP contribution in [-0.2, 0) is 0 Å². The van der Waals surface area contributed by atoms with E-state index in [1.807, 2.05) is 31.2 Å². The summed E-state index contributed by atoms with van der Waals surface area (Å²) in [5, 5.41) is 0. The number of hydrogen-bond donors (Lipinski definition) is 1. The van der Waals surface area contributed by atoms with Crippen LogP contribution in [0.3, 0.4) is 0 Å². The molecule has 1 heterocycles. The van der Waals surface area contributed by atoms with E-state index in [1.165, 1.54) is 25.9 Å². The SMILES string of the molecule is C#CCN1CCCC1.COc1ccc(C(C)N)cc1. The summed E-state index contributed by atoms with van der Waals surface area (Å²) in [6, 6.07) is 7.88. The van der Waals surface area contributed by atoms with Gasteiger partial charge in [0.2, 0.25) is 0 Å². The van der Waals surface area contributed by atoms with Gasteiger partial charge >= 0.3 is 0 Å². The molecule has 1 saturated heterocycles. The van der Waals surface area contributed by atoms with Crippen LogP contribution in [0.15, 0.2) is 24.3 Å². The third kappa shape index (κ3) is 5.78. The molecule has 3 heteroatoms. The maximum absolute atomic E-state index is 5.66. The van der Waals surface area contributed by atoms with Crippen molar-refractivity contribution in [2.45, 2.75) is 25.8 Å². The first kappa shape index (κ1) is 15.6. The maximum atomic E-state index is 5.66. The fraction of sp³-hybridized carbons (Fsp3) is 0.500. The summed E-state index contributed by atoms with van der Waals surface area (Å²) in [5.74, 6) is 3.51. The minimum atomic E-state index is 0.0981. The van der Waals surface area contributed by atoms with Gasteiger partial charge in [0.15, 0.2) is 0 Å². The third-order valence-corrected chi connectivity index (χ3v) is 3.16. The molecule has 0 bridgehead atoms. The number of ether oxygens (including phenoxy) is 1. The van der Waals surface area contributed by atoms with Crippen molar-refractivity contribution >= 4 is 0 Å². The lowest BCUT2D eigenvalue weighted by Gasteiger charge is -2.07. The van der Waals surface area contributed by atoms with Crippen molar-refractivity contribution in [3.63, 3.8) is 0 Å². The molecule has 0 aliphatic carbocycles. The Hall–Kier alpha value is -1.50. The Morgan fingerprint density at radius 3 is 2.32 bits per heavy atom. The predicted molar refractivity (Wildman–Crippen MR) is 80.1 cm³/mol. The molecule has 1 aromatic rings. The molecule has 0 radical (unpaired) electrons. The highest BCUT2D eigenvalue weighted by atomic mass is 16.5. The van der Waals surface area contributed by atoms with Gasteiger partial charge in [0.05, 0.1) is 13.7 Å². The maximum Gasteiger partial charge on any atom is 0.118 e. The zero-order valence-corrected chi connectivity index (χ0v) is 11.9. The predicted octanol–water partition coefficient (Wildman–Crippen LogP) is 2.43. The molecule has 1 fully saturated rings. The topological polar surface area (TPSA) is 38.5 Å². The van der Waals surface area contributed by atoms with Gasteiger partial charge in [0, 0.05) is 6.04 Å². The molecule has 0 spiro atoms. The summed E-state index contributed by atoms with van der Waals surface area (Å²) in [6.45, 7) is 5.23. The second kappa shape index (κ2) is 8.58. The normalized spacial score (nSPS) is 16.1. The number of likely N-dealkylation sites (tertiary alicyclic amines) is 1. The van der Waals surface area contributed by atoms with Crippen molar-refractivity contribution in [1.82, 2.24) is 4.90 Å². The molecule has 3 nitrogen and oxygen atoms in total. The van der Waals surface area contributed by atoms with Crippen LogP contribution < -0.4 is 10.5 Å². The van der Waals surface area contributed by atoms with Crippen LogP contribution in [0.2, 0.25) is 0 Å². The van der Waals surface area contributed by atoms with Crippen LogP contribution in [-0.4, -0.2) is 31.6 Å². The monoisotopic (exact) mass is 260 g/mol. The summed E-state index contributed by atoms with van der Waals surface area (Å²) < 4.78 is 5.01. The molecule has 1 aliphatic rings. The van der Waals surface area contributed by atoms with Gasteiger partial charge in [0.25, 0.3) is 0 Å². The lowest BCUT2D eigenvalue weighted by molar-refractivity contribution is 0.383. The molecule has 2 rings (SSSR count). The van der Waals surface area contributed by atoms with Crippen LogP contribution >= 0.6 is 0 Å². The molecule has 1 atom stereocenters. The van der Waals surface area contributed by atoms with Gasteiger partial charge in [-0.25, -0.2) is 0 Å². The van der Waals surface area contributed by atoms with Gasteiger partial charge in [-0.15, -0.1) is 6.42 Å². The molecule has 1 unspecified atom stereocenters. The summed E-state index contributed by atoms with van der Waals surface area (Å²) in [5.41, 5.74) is 6.79. The Labute approximate surface area is 116 Å². The van der Waals surface area contributed by atoms with Crippen LogP contribution in [0.25, 0.3) is 0 Å². The fourth-order valence-corrected chi connectivity index (χ4v) is 1.98. The summed E-state index contributed by atoms with van der Waals surface area (Å²) in [4.78, 5) is 2.31. The fourth-order valence-electron chi connectivity index (χ4n) is 1.98. The lowest BCUT2D eigenvalue weighted by atomic mass is 10.1. The lowest BCUT2D eigenvalue weighted by Crippen LogP contribution is -2.18. The highest BCUT2D eigenvalue weighted by Crippen LogP contribution is 2.14. The number of rotatable bonds is 3. The first-order valence-corrected chi connectivity index (χ1v) is 6.72. The van der Waals surface area contributed by atoms with E-state index < -0.39 is 0 Å². The van der Waals surface area contributed by atoms with Gasteiger partial charge in [-0.2, -0.15) is 0 Å². The van der Waals surface area contributed by atoms with E-state index in [9.17, 15) is 0 Å². The largest absolute Gasteiger partial charge is 0.497 e. The van der Waals surface area contributed by atoms with E-state index in [-0.39, 0.29) is 6.04 Å². The van der Waals surface area contributed by atoms with Gasteiger partial charge in [0.1, 0.15) is 5.75 Å². The van der Waals surface area contributed by atoms with E-state index >= 15 is 0 Å². The van der Waals surface area contributed by atoms with Crippen LogP contribution in [0.4, 0.5) is 0 Å². The molecule has 2 N–H and O–H groups in total. The molecular weight excluding hydrogens is 236 g/mol. The number of nitrogens with zero attached hydrogens (tertiary/aromatic N) is 1. The minimum absolute atomic E-state index is 0.0981. The summed E-state index contributed by atoms with van der Waals surface area (Å²) >= 11 is 0. The minimum Gasteiger partial charge on any atom is -0.497 e. The summed E-state index contributed by atoms with van der Waals surface area (Å²) in [6.07, 6.45) is 7.79. The average Bonchev–Trinajstić information content (AvgIpc) is 2.93. The van der Waals surface area contributed by atoms with E-state index in [4.69, 9.17) is 16.9 Å². The number of benzene rings is 1. The van der Waals surface area contributed by atoms with Gasteiger partial charge in [-0.3, -0.25) is 4.90 Å². The Morgan fingerprint density at radius 2 is 1.89 bits per heavy atom. The van der Waals surface area contributed by atoms with Crippen molar-refractivity contribution in [2.24, 2.45) is 5.73 Å². The molecule has 0 saturated carbocycles. The Balaban J connectivity index is 0.000000200. The summed E-state index contributed by atoms with van der Waals surface area (Å²) in [7, 11) is 1.65. The second-order valence-corrected chi connectivity index (χ2v) is 4.75. The van der Waals surface area contributed by atoms with Crippen molar-refractivity contribution in [3.05, 3.63) is 29.8 Å². The van der Waals surface area contributed by atoms with Crippen LogP contribution in [0.1, 0.15) is 31.4 Å². The standard InChI is InChI=1S/C9H13NO.C7H11N/c1-7(10)8-3-5-9(11-2)6-4-8;1-2-5-8-6-3-4-7-8/h3-7H,10H2,1-2H3;1H,3-7H2. The second-order valence-electron chi connectivity index (χ2n) is 4.75. The van der Waals surface area contributed by atoms with Gasteiger partial charge < -0.3 is 10.5 Å². The number of hydrogen-bond acceptors (Lipinski definition) is 3. The highest BCUT2D eigenvalue weighted by Gasteiger charge is 2.08. The highest BCUT2D eigenvalue weighted by molar-refractivity contribution is 5.28. The zero-order valence-electron chi connectivity index (χ0n) is 11.9. The number of nitrogens with two attached hydrogens (primary N) is 1. The van der Waals surface area contributed by atoms with E-state index in [0.717, 1.165) is 17.9 Å². The average molecular weight is 260 g/mol. The molecule has 0 amide bonds. The third-order valence-electron chi connectivity index (χ3n) is 3.16. The van der Waals surface area contributed by atoms with E-state index in [1.54, 1.807) is 7.11 Å². The Morgan fingerprint density at radius 1 is 1.32 bits per heavy atom. The molecule has 0 aromatic heterocycles. The van der Waals surface area contributed by atoms with Gasteiger partial charge in [-0.1, -0.05) is 18.1 Å². The van der Waals surface area contributed by atoms with Crippen molar-refractivity contribution in [1.29, 1.82) is 0 Å². The molecule has 1 aliphatic heterocycles. The molecular formula is C16H24N2O. The van der Waals surface area contributed by atoms with Crippen molar-refractivity contribution < 1.29 is 4.74 Å². The molecule has 1 aromatic carbocycles. The van der Waals surface area contributed by atoms with Gasteiger partial charge in [-0.05, 0) is 50.6 Å². The van der Waals surface area contributed by atoms with E-state index in [2.05, 4.69) is 10.8 Å². The Kier molecular flexibility index (Phi) is 7.02. The van der Waals surface area contributed by atoms with Crippen molar-refractivity contribution in [2.75, 3.05) is 26.7 Å². The van der Waals surface area contributed by atoms with Crippen LogP contribution in [0.5, 0.6) is 5.75 Å². The number of terminal acetylenes is 1. The zero-order chi connectivity index (χ0) is 14.1. The van der Waals surface area contributed by atoms with Crippen LogP contribution in [0, 0.1) is 12.3 Å². The first-order valence-electron chi connectivity index (χ1n) is 6.72. The molecule has 104 valence electrons. The van der Waals surface area contributed by atoms with Crippen molar-refractivity contribution in [3.8, 4) is 18.1 Å². The quantitative estimate of drug-likeness (QED) is 0.848. The first-order chi connectivity index (χ1) is 9.17.